The Hall–Kier alpha value is -2.28. The molecule has 142 valence electrons. The number of aliphatic carboxylic acids is 1. The molecule has 1 fully saturated rings. The van der Waals surface area contributed by atoms with Gasteiger partial charge < -0.3 is 20.2 Å². The highest BCUT2D eigenvalue weighted by atomic mass is 35.5. The summed E-state index contributed by atoms with van der Waals surface area (Å²) in [4.78, 5) is 39.3. The van der Waals surface area contributed by atoms with Gasteiger partial charge in [-0.15, -0.1) is 0 Å². The number of nitrogens with one attached hydrogen (secondary N) is 1. The summed E-state index contributed by atoms with van der Waals surface area (Å²) in [5.41, 5.74) is -0.208. The Morgan fingerprint density at radius 3 is 2.54 bits per heavy atom. The lowest BCUT2D eigenvalue weighted by Gasteiger charge is -2.23. The molecule has 3 amide bonds. The summed E-state index contributed by atoms with van der Waals surface area (Å²) in [5.74, 6) is -1.10. The van der Waals surface area contributed by atoms with Crippen molar-refractivity contribution in [2.24, 2.45) is 5.41 Å². The third-order valence-electron chi connectivity index (χ3n) is 4.83. The van der Waals surface area contributed by atoms with Crippen LogP contribution in [0.1, 0.15) is 37.6 Å². The van der Waals surface area contributed by atoms with Gasteiger partial charge in [-0.1, -0.05) is 11.6 Å². The number of anilines is 1. The van der Waals surface area contributed by atoms with Crippen LogP contribution in [-0.4, -0.2) is 59.0 Å². The smallest absolute Gasteiger partial charge is 0.321 e. The van der Waals surface area contributed by atoms with Gasteiger partial charge in [0, 0.05) is 31.7 Å². The molecule has 1 atom stereocenters. The predicted octanol–water partition coefficient (Wildman–Crippen LogP) is 3.15. The molecule has 1 aliphatic rings. The zero-order valence-corrected chi connectivity index (χ0v) is 16.1. The minimum atomic E-state index is -0.946. The summed E-state index contributed by atoms with van der Waals surface area (Å²) in [6.07, 6.45) is 0.390. The van der Waals surface area contributed by atoms with Crippen LogP contribution in [0.3, 0.4) is 0 Å². The molecule has 0 spiro atoms. The summed E-state index contributed by atoms with van der Waals surface area (Å²) in [6, 6.07) is 4.31. The number of carbonyl (C=O) groups excluding carboxylic acids is 2. The van der Waals surface area contributed by atoms with Gasteiger partial charge in [0.15, 0.2) is 0 Å². The summed E-state index contributed by atoms with van der Waals surface area (Å²) >= 11 is 6.15. The van der Waals surface area contributed by atoms with Gasteiger partial charge in [0.1, 0.15) is 0 Å². The average Bonchev–Trinajstić information content (AvgIpc) is 2.99. The first-order chi connectivity index (χ1) is 12.0. The molecular weight excluding hydrogens is 358 g/mol. The van der Waals surface area contributed by atoms with E-state index in [9.17, 15) is 19.5 Å². The number of benzene rings is 1. The monoisotopic (exact) mass is 381 g/mol. The molecule has 1 saturated heterocycles. The van der Waals surface area contributed by atoms with Crippen molar-refractivity contribution in [3.63, 3.8) is 0 Å². The van der Waals surface area contributed by atoms with E-state index in [1.807, 2.05) is 13.8 Å². The third kappa shape index (κ3) is 4.09. The largest absolute Gasteiger partial charge is 0.481 e. The quantitative estimate of drug-likeness (QED) is 0.838. The highest BCUT2D eigenvalue weighted by Crippen LogP contribution is 2.31. The number of likely N-dealkylation sites (tertiary alicyclic amines) is 1. The molecule has 0 bridgehead atoms. The van der Waals surface area contributed by atoms with Gasteiger partial charge in [-0.2, -0.15) is 0 Å². The van der Waals surface area contributed by atoms with Crippen LogP contribution >= 0.6 is 11.6 Å². The topological polar surface area (TPSA) is 90.0 Å². The fraction of sp³-hybridized carbons (Fsp3) is 0.500. The fourth-order valence-corrected chi connectivity index (χ4v) is 2.86. The summed E-state index contributed by atoms with van der Waals surface area (Å²) in [5, 5.41) is 12.3. The lowest BCUT2D eigenvalue weighted by molar-refractivity contribution is -0.146. The van der Waals surface area contributed by atoms with Crippen molar-refractivity contribution < 1.29 is 19.5 Å². The second kappa shape index (κ2) is 7.53. The zero-order chi connectivity index (χ0) is 19.6. The number of hydrogen-bond donors (Lipinski definition) is 2. The molecule has 2 rings (SSSR count). The van der Waals surface area contributed by atoms with E-state index in [-0.39, 0.29) is 18.5 Å². The molecule has 8 heteroatoms. The fourth-order valence-electron chi connectivity index (χ4n) is 2.70. The van der Waals surface area contributed by atoms with Crippen molar-refractivity contribution in [3.05, 3.63) is 28.8 Å². The number of carbonyl (C=O) groups is 3. The van der Waals surface area contributed by atoms with E-state index in [2.05, 4.69) is 5.32 Å². The minimum Gasteiger partial charge on any atom is -0.481 e. The molecule has 0 aliphatic carbocycles. The van der Waals surface area contributed by atoms with Gasteiger partial charge >= 0.3 is 12.0 Å². The second-order valence-corrected chi connectivity index (χ2v) is 7.58. The van der Waals surface area contributed by atoms with Crippen molar-refractivity contribution in [3.8, 4) is 0 Å². The van der Waals surface area contributed by atoms with Crippen LogP contribution in [0, 0.1) is 5.41 Å². The van der Waals surface area contributed by atoms with E-state index in [1.165, 1.54) is 11.0 Å². The third-order valence-corrected chi connectivity index (χ3v) is 5.16. The number of amides is 3. The molecule has 1 aliphatic heterocycles. The van der Waals surface area contributed by atoms with Crippen LogP contribution in [-0.2, 0) is 4.79 Å². The van der Waals surface area contributed by atoms with Crippen LogP contribution in [0.5, 0.6) is 0 Å². The molecule has 1 heterocycles. The first kappa shape index (κ1) is 20.0. The molecule has 26 heavy (non-hydrogen) atoms. The van der Waals surface area contributed by atoms with E-state index in [0.29, 0.717) is 29.2 Å². The van der Waals surface area contributed by atoms with Gasteiger partial charge in [-0.25, -0.2) is 4.79 Å². The van der Waals surface area contributed by atoms with Crippen molar-refractivity contribution in [1.82, 2.24) is 9.80 Å². The molecule has 0 aromatic heterocycles. The van der Waals surface area contributed by atoms with Crippen LogP contribution in [0.4, 0.5) is 10.5 Å². The summed E-state index contributed by atoms with van der Waals surface area (Å²) < 4.78 is 0. The molecule has 7 nitrogen and oxygen atoms in total. The first-order valence-electron chi connectivity index (χ1n) is 8.41. The maximum absolute atomic E-state index is 12.5. The zero-order valence-electron chi connectivity index (χ0n) is 15.4. The molecular formula is C18H24ClN3O4. The number of halogens is 1. The normalized spacial score (nSPS) is 19.5. The number of nitrogens with zero attached hydrogens (tertiary/aromatic N) is 2. The molecule has 2 N–H and O–H groups in total. The molecule has 1 aromatic rings. The highest BCUT2D eigenvalue weighted by molar-refractivity contribution is 6.33. The first-order valence-corrected chi connectivity index (χ1v) is 8.79. The Labute approximate surface area is 157 Å². The van der Waals surface area contributed by atoms with Crippen LogP contribution < -0.4 is 5.32 Å². The molecule has 0 saturated carbocycles. The molecule has 1 unspecified atom stereocenters. The Kier molecular flexibility index (Phi) is 5.81. The van der Waals surface area contributed by atoms with Crippen LogP contribution in [0.15, 0.2) is 18.2 Å². The van der Waals surface area contributed by atoms with E-state index >= 15 is 0 Å². The number of carboxylic acid groups (broad SMARTS) is 1. The van der Waals surface area contributed by atoms with Crippen molar-refractivity contribution >= 4 is 35.2 Å². The molecule has 0 radical (unpaired) electrons. The Bertz CT molecular complexity index is 737. The van der Waals surface area contributed by atoms with Crippen molar-refractivity contribution in [1.29, 1.82) is 0 Å². The molecule has 1 aromatic carbocycles. The highest BCUT2D eigenvalue weighted by Gasteiger charge is 2.42. The van der Waals surface area contributed by atoms with E-state index in [4.69, 9.17) is 11.6 Å². The standard InChI is InChI=1S/C18H24ClN3O4/c1-11(2)21(4)15(23)12-5-6-13(19)14(9-12)20-17(26)22-8-7-18(3,10-22)16(24)25/h5-6,9,11H,7-8,10H2,1-4H3,(H,20,26)(H,24,25). The van der Waals surface area contributed by atoms with Gasteiger partial charge in [-0.05, 0) is 45.4 Å². The lowest BCUT2D eigenvalue weighted by Crippen LogP contribution is -2.37. The average molecular weight is 382 g/mol. The SMILES string of the molecule is CC(C)N(C)C(=O)c1ccc(Cl)c(NC(=O)N2CCC(C)(C(=O)O)C2)c1. The van der Waals surface area contributed by atoms with Gasteiger partial charge in [0.25, 0.3) is 5.91 Å². The maximum atomic E-state index is 12.5. The Morgan fingerprint density at radius 2 is 2.00 bits per heavy atom. The van der Waals surface area contributed by atoms with Gasteiger partial charge in [-0.3, -0.25) is 9.59 Å². The van der Waals surface area contributed by atoms with Crippen molar-refractivity contribution in [2.75, 3.05) is 25.5 Å². The van der Waals surface area contributed by atoms with Crippen LogP contribution in [0.2, 0.25) is 5.02 Å². The minimum absolute atomic E-state index is 0.0366. The number of urea groups is 1. The second-order valence-electron chi connectivity index (χ2n) is 7.17. The maximum Gasteiger partial charge on any atom is 0.321 e. The van der Waals surface area contributed by atoms with E-state index in [0.717, 1.165) is 0 Å². The van der Waals surface area contributed by atoms with Gasteiger partial charge in [0.2, 0.25) is 0 Å². The van der Waals surface area contributed by atoms with E-state index < -0.39 is 17.4 Å². The number of carboxylic acids is 1. The predicted molar refractivity (Wildman–Crippen MR) is 99.6 cm³/mol. The summed E-state index contributed by atoms with van der Waals surface area (Å²) in [6.45, 7) is 5.91. The number of hydrogen-bond acceptors (Lipinski definition) is 3. The Morgan fingerprint density at radius 1 is 1.35 bits per heavy atom. The summed E-state index contributed by atoms with van der Waals surface area (Å²) in [7, 11) is 1.71. The van der Waals surface area contributed by atoms with E-state index in [1.54, 1.807) is 31.0 Å². The number of rotatable bonds is 4. The van der Waals surface area contributed by atoms with Gasteiger partial charge in [0.05, 0.1) is 16.1 Å². The lowest BCUT2D eigenvalue weighted by atomic mass is 9.90. The Balaban J connectivity index is 2.14. The van der Waals surface area contributed by atoms with Crippen molar-refractivity contribution in [2.45, 2.75) is 33.2 Å². The van der Waals surface area contributed by atoms with Crippen LogP contribution in [0.25, 0.3) is 0 Å².